The van der Waals surface area contributed by atoms with E-state index in [1.165, 1.54) is 0 Å². The van der Waals surface area contributed by atoms with Crippen LogP contribution in [0.1, 0.15) is 73.6 Å². The molecule has 0 saturated carbocycles. The van der Waals surface area contributed by atoms with Gasteiger partial charge < -0.3 is 14.6 Å². The van der Waals surface area contributed by atoms with Crippen LogP contribution in [0.15, 0.2) is 0 Å². The van der Waals surface area contributed by atoms with Gasteiger partial charge in [0.15, 0.2) is 0 Å². The summed E-state index contributed by atoms with van der Waals surface area (Å²) in [5, 5.41) is 10.8. The topological polar surface area (TPSA) is 42.0 Å². The first-order valence-corrected chi connectivity index (χ1v) is 8.76. The van der Waals surface area contributed by atoms with Crippen molar-refractivity contribution >= 4 is 0 Å². The molecule has 0 aromatic heterocycles. The number of hydrogen-bond donors (Lipinski definition) is 1. The number of rotatable bonds is 11. The van der Waals surface area contributed by atoms with Crippen molar-refractivity contribution in [2.75, 3.05) is 13.2 Å². The Bertz CT molecular complexity index is 291. The Morgan fingerprint density at radius 2 is 1.52 bits per heavy atom. The molecule has 0 aromatic rings. The second-order valence-corrected chi connectivity index (χ2v) is 7.25. The molecule has 126 valence electrons. The summed E-state index contributed by atoms with van der Waals surface area (Å²) in [6, 6.07) is 0. The third-order valence-electron chi connectivity index (χ3n) is 6.14. The second kappa shape index (κ2) is 7.94. The normalized spacial score (nSPS) is 22.1. The van der Waals surface area contributed by atoms with Gasteiger partial charge >= 0.3 is 0 Å². The second-order valence-electron chi connectivity index (χ2n) is 7.25. The molecule has 1 heterocycles. The Labute approximate surface area is 131 Å². The van der Waals surface area contributed by atoms with Crippen LogP contribution in [0.4, 0.5) is 0 Å². The summed E-state index contributed by atoms with van der Waals surface area (Å²) in [7, 11) is 0. The number of aliphatic hydroxyl groups is 1. The van der Waals surface area contributed by atoms with Gasteiger partial charge in [0, 0.05) is 6.42 Å². The van der Waals surface area contributed by atoms with E-state index in [9.17, 15) is 5.11 Å². The highest BCUT2D eigenvalue weighted by molar-refractivity contribution is 4.89. The molecule has 1 fully saturated rings. The summed E-state index contributed by atoms with van der Waals surface area (Å²) >= 11 is 0. The highest BCUT2D eigenvalue weighted by Crippen LogP contribution is 2.39. The Balaban J connectivity index is 2.74. The molecule has 1 aliphatic heterocycles. The summed E-state index contributed by atoms with van der Waals surface area (Å²) in [5.41, 5.74) is 0.109. The molecule has 1 aliphatic rings. The van der Waals surface area contributed by atoms with Crippen LogP contribution < -0.4 is 0 Å². The average molecular weight is 300 g/mol. The van der Waals surface area contributed by atoms with Crippen LogP contribution in [0.25, 0.3) is 0 Å². The first-order valence-electron chi connectivity index (χ1n) is 8.76. The van der Waals surface area contributed by atoms with Gasteiger partial charge in [-0.1, -0.05) is 41.5 Å². The van der Waals surface area contributed by atoms with E-state index in [0.717, 1.165) is 38.7 Å². The molecule has 3 atom stereocenters. The first kappa shape index (κ1) is 18.9. The highest BCUT2D eigenvalue weighted by Gasteiger charge is 2.39. The maximum absolute atomic E-state index is 10.8. The van der Waals surface area contributed by atoms with Crippen molar-refractivity contribution in [3.63, 3.8) is 0 Å². The van der Waals surface area contributed by atoms with Crippen molar-refractivity contribution in [2.45, 2.75) is 92.0 Å². The Morgan fingerprint density at radius 3 is 1.90 bits per heavy atom. The summed E-state index contributed by atoms with van der Waals surface area (Å²) < 4.78 is 11.4. The van der Waals surface area contributed by atoms with Gasteiger partial charge in [0.05, 0.1) is 25.4 Å². The predicted octanol–water partition coefficient (Wildman–Crippen LogP) is 4.17. The minimum atomic E-state index is -0.310. The van der Waals surface area contributed by atoms with Crippen molar-refractivity contribution < 1.29 is 14.6 Å². The number of ether oxygens (including phenoxy) is 2. The molecule has 0 aliphatic carbocycles. The van der Waals surface area contributed by atoms with E-state index in [-0.39, 0.29) is 29.1 Å². The number of aliphatic hydroxyl groups excluding tert-OH is 1. The molecule has 1 saturated heterocycles. The molecule has 3 heteroatoms. The lowest BCUT2D eigenvalue weighted by atomic mass is 9.71. The van der Waals surface area contributed by atoms with E-state index in [4.69, 9.17) is 9.47 Å². The molecule has 0 aromatic carbocycles. The minimum Gasteiger partial charge on any atom is -0.392 e. The van der Waals surface area contributed by atoms with Gasteiger partial charge in [-0.2, -0.15) is 0 Å². The zero-order valence-electron chi connectivity index (χ0n) is 14.9. The maximum atomic E-state index is 10.8. The average Bonchev–Trinajstić information content (AvgIpc) is 3.33. The fourth-order valence-electron chi connectivity index (χ4n) is 2.86. The zero-order chi connectivity index (χ0) is 16.1. The van der Waals surface area contributed by atoms with E-state index < -0.39 is 0 Å². The summed E-state index contributed by atoms with van der Waals surface area (Å²) in [5.74, 6) is 0. The molecule has 0 spiro atoms. The van der Waals surface area contributed by atoms with Crippen LogP contribution >= 0.6 is 0 Å². The van der Waals surface area contributed by atoms with E-state index in [1.54, 1.807) is 0 Å². The lowest BCUT2D eigenvalue weighted by Gasteiger charge is -2.41. The third kappa shape index (κ3) is 4.94. The quantitative estimate of drug-likeness (QED) is 0.582. The van der Waals surface area contributed by atoms with Crippen LogP contribution in [-0.4, -0.2) is 36.6 Å². The van der Waals surface area contributed by atoms with E-state index >= 15 is 0 Å². The smallest absolute Gasteiger partial charge is 0.104 e. The molecule has 0 radical (unpaired) electrons. The SMILES string of the molecule is CCC(C)(CC)C(O)CC(OCC1CO1)C(C)(CC)CC. The first-order chi connectivity index (χ1) is 9.85. The van der Waals surface area contributed by atoms with Gasteiger partial charge in [-0.15, -0.1) is 0 Å². The van der Waals surface area contributed by atoms with Gasteiger partial charge in [0.1, 0.15) is 6.10 Å². The molecule has 0 amide bonds. The molecular weight excluding hydrogens is 264 g/mol. The summed E-state index contributed by atoms with van der Waals surface area (Å²) in [6.07, 6.45) is 4.94. The van der Waals surface area contributed by atoms with Gasteiger partial charge in [-0.25, -0.2) is 0 Å². The minimum absolute atomic E-state index is 0.0138. The van der Waals surface area contributed by atoms with Crippen LogP contribution in [0, 0.1) is 10.8 Å². The van der Waals surface area contributed by atoms with Crippen molar-refractivity contribution in [1.82, 2.24) is 0 Å². The van der Waals surface area contributed by atoms with Crippen molar-refractivity contribution in [3.05, 3.63) is 0 Å². The van der Waals surface area contributed by atoms with Gasteiger partial charge in [-0.3, -0.25) is 0 Å². The molecule has 3 unspecified atom stereocenters. The Kier molecular flexibility index (Phi) is 7.15. The van der Waals surface area contributed by atoms with Gasteiger partial charge in [0.25, 0.3) is 0 Å². The van der Waals surface area contributed by atoms with E-state index in [2.05, 4.69) is 41.5 Å². The van der Waals surface area contributed by atoms with Crippen LogP contribution in [0.5, 0.6) is 0 Å². The van der Waals surface area contributed by atoms with Crippen LogP contribution in [0.3, 0.4) is 0 Å². The highest BCUT2D eigenvalue weighted by atomic mass is 16.6. The van der Waals surface area contributed by atoms with E-state index in [1.807, 2.05) is 0 Å². The fourth-order valence-corrected chi connectivity index (χ4v) is 2.86. The van der Waals surface area contributed by atoms with Crippen LogP contribution in [-0.2, 0) is 9.47 Å². The fraction of sp³-hybridized carbons (Fsp3) is 1.00. The summed E-state index contributed by atoms with van der Waals surface area (Å²) in [6.45, 7) is 14.7. The molecule has 21 heavy (non-hydrogen) atoms. The standard InChI is InChI=1S/C18H36O3/c1-7-17(5,8-2)15(19)11-16(18(6,9-3)10-4)21-13-14-12-20-14/h14-16,19H,7-13H2,1-6H3. The zero-order valence-corrected chi connectivity index (χ0v) is 14.9. The molecule has 3 nitrogen and oxygen atoms in total. The molecule has 1 rings (SSSR count). The van der Waals surface area contributed by atoms with Gasteiger partial charge in [-0.05, 0) is 36.5 Å². The largest absolute Gasteiger partial charge is 0.392 e. The van der Waals surface area contributed by atoms with Crippen molar-refractivity contribution in [3.8, 4) is 0 Å². The monoisotopic (exact) mass is 300 g/mol. The third-order valence-corrected chi connectivity index (χ3v) is 6.14. The number of hydrogen-bond acceptors (Lipinski definition) is 3. The van der Waals surface area contributed by atoms with Crippen molar-refractivity contribution in [1.29, 1.82) is 0 Å². The molecular formula is C18H36O3. The maximum Gasteiger partial charge on any atom is 0.104 e. The van der Waals surface area contributed by atoms with Crippen LogP contribution in [0.2, 0.25) is 0 Å². The van der Waals surface area contributed by atoms with E-state index in [0.29, 0.717) is 6.61 Å². The predicted molar refractivity (Wildman–Crippen MR) is 87.5 cm³/mol. The Morgan fingerprint density at radius 1 is 1.05 bits per heavy atom. The lowest BCUT2D eigenvalue weighted by molar-refractivity contribution is -0.0886. The van der Waals surface area contributed by atoms with Gasteiger partial charge in [0.2, 0.25) is 0 Å². The molecule has 1 N–H and O–H groups in total. The number of epoxide rings is 1. The summed E-state index contributed by atoms with van der Waals surface area (Å²) in [4.78, 5) is 0. The van der Waals surface area contributed by atoms with Crippen molar-refractivity contribution in [2.24, 2.45) is 10.8 Å². The molecule has 0 bridgehead atoms. The Hall–Kier alpha value is -0.120. The lowest BCUT2D eigenvalue weighted by Crippen LogP contribution is -2.42.